The Morgan fingerprint density at radius 1 is 1.10 bits per heavy atom. The van der Waals surface area contributed by atoms with Gasteiger partial charge in [0.05, 0.1) is 11.4 Å². The summed E-state index contributed by atoms with van der Waals surface area (Å²) in [4.78, 5) is 13.6. The second-order valence-electron chi connectivity index (χ2n) is 7.17. The van der Waals surface area contributed by atoms with Gasteiger partial charge in [0, 0.05) is 23.1 Å². The molecule has 3 heterocycles. The van der Waals surface area contributed by atoms with Crippen molar-refractivity contribution >= 4 is 11.8 Å². The second-order valence-corrected chi connectivity index (χ2v) is 8.16. The molecule has 0 spiro atoms. The molecule has 0 unspecified atom stereocenters. The minimum absolute atomic E-state index is 0.657. The van der Waals surface area contributed by atoms with Crippen molar-refractivity contribution in [2.75, 3.05) is 0 Å². The van der Waals surface area contributed by atoms with Crippen LogP contribution in [0.1, 0.15) is 34.8 Å². The third kappa shape index (κ3) is 3.46. The molecule has 1 aliphatic rings. The summed E-state index contributed by atoms with van der Waals surface area (Å²) in [5.41, 5.74) is 5.70. The van der Waals surface area contributed by atoms with Gasteiger partial charge in [0.15, 0.2) is 5.82 Å². The van der Waals surface area contributed by atoms with E-state index in [0.29, 0.717) is 11.6 Å². The zero-order valence-corrected chi connectivity index (χ0v) is 17.2. The number of rotatable bonds is 5. The minimum atomic E-state index is 0.657. The number of hydrogen-bond acceptors (Lipinski definition) is 6. The van der Waals surface area contributed by atoms with E-state index in [-0.39, 0.29) is 0 Å². The van der Waals surface area contributed by atoms with E-state index in [4.69, 9.17) is 9.52 Å². The number of aryl methyl sites for hydroxylation is 2. The predicted octanol–water partition coefficient (Wildman–Crippen LogP) is 4.72. The van der Waals surface area contributed by atoms with Gasteiger partial charge in [0.2, 0.25) is 5.89 Å². The van der Waals surface area contributed by atoms with Crippen LogP contribution in [0.3, 0.4) is 0 Å². The van der Waals surface area contributed by atoms with E-state index in [2.05, 4.69) is 21.9 Å². The average Bonchev–Trinajstić information content (AvgIpc) is 3.45. The lowest BCUT2D eigenvalue weighted by molar-refractivity contribution is 0.540. The SMILES string of the molecule is Cc1nn(-c2cc(SCc3nc(-c4ccccc4)oc3C)ncn2)c2c1CCC2. The number of nitrogens with zero attached hydrogens (tertiary/aromatic N) is 5. The van der Waals surface area contributed by atoms with Crippen molar-refractivity contribution in [1.82, 2.24) is 24.7 Å². The van der Waals surface area contributed by atoms with Gasteiger partial charge in [0.25, 0.3) is 0 Å². The molecule has 29 heavy (non-hydrogen) atoms. The number of benzene rings is 1. The van der Waals surface area contributed by atoms with Crippen LogP contribution in [0.4, 0.5) is 0 Å². The third-order valence-corrected chi connectivity index (χ3v) is 6.18. The molecule has 1 aliphatic carbocycles. The number of oxazole rings is 1. The molecule has 0 radical (unpaired) electrons. The lowest BCUT2D eigenvalue weighted by Crippen LogP contribution is -2.04. The Hall–Kier alpha value is -2.93. The van der Waals surface area contributed by atoms with Crippen molar-refractivity contribution in [1.29, 1.82) is 0 Å². The van der Waals surface area contributed by atoms with Gasteiger partial charge < -0.3 is 4.42 Å². The van der Waals surface area contributed by atoms with Gasteiger partial charge in [-0.1, -0.05) is 30.0 Å². The first-order valence-electron chi connectivity index (χ1n) is 9.73. The maximum Gasteiger partial charge on any atom is 0.226 e. The smallest absolute Gasteiger partial charge is 0.226 e. The molecule has 0 N–H and O–H groups in total. The lowest BCUT2D eigenvalue weighted by Gasteiger charge is -2.06. The Morgan fingerprint density at radius 3 is 2.83 bits per heavy atom. The Bertz CT molecular complexity index is 1170. The fourth-order valence-electron chi connectivity index (χ4n) is 3.74. The first kappa shape index (κ1) is 18.1. The fraction of sp³-hybridized carbons (Fsp3) is 0.273. The van der Waals surface area contributed by atoms with Gasteiger partial charge in [-0.05, 0) is 50.8 Å². The molecule has 0 atom stereocenters. The van der Waals surface area contributed by atoms with Crippen LogP contribution in [0.25, 0.3) is 17.3 Å². The lowest BCUT2D eigenvalue weighted by atomic mass is 10.2. The van der Waals surface area contributed by atoms with E-state index in [1.807, 2.05) is 48.0 Å². The Balaban J connectivity index is 1.36. The molecule has 0 amide bonds. The number of aromatic nitrogens is 5. The molecule has 5 rings (SSSR count). The van der Waals surface area contributed by atoms with Crippen molar-refractivity contribution in [2.24, 2.45) is 0 Å². The van der Waals surface area contributed by atoms with Crippen LogP contribution in [-0.4, -0.2) is 24.7 Å². The first-order chi connectivity index (χ1) is 14.2. The van der Waals surface area contributed by atoms with Gasteiger partial charge in [-0.25, -0.2) is 19.6 Å². The molecule has 6 nitrogen and oxygen atoms in total. The highest BCUT2D eigenvalue weighted by atomic mass is 32.2. The summed E-state index contributed by atoms with van der Waals surface area (Å²) in [6.45, 7) is 4.03. The Labute approximate surface area is 173 Å². The van der Waals surface area contributed by atoms with Crippen LogP contribution in [0, 0.1) is 13.8 Å². The van der Waals surface area contributed by atoms with Crippen LogP contribution in [0.15, 0.2) is 52.2 Å². The van der Waals surface area contributed by atoms with Crippen LogP contribution in [-0.2, 0) is 18.6 Å². The number of fused-ring (bicyclic) bond motifs is 1. The molecule has 146 valence electrons. The minimum Gasteiger partial charge on any atom is -0.441 e. The van der Waals surface area contributed by atoms with Crippen molar-refractivity contribution in [3.8, 4) is 17.3 Å². The van der Waals surface area contributed by atoms with E-state index in [1.165, 1.54) is 17.7 Å². The van der Waals surface area contributed by atoms with Crippen molar-refractivity contribution in [3.05, 3.63) is 71.1 Å². The van der Waals surface area contributed by atoms with Crippen LogP contribution >= 0.6 is 11.8 Å². The molecule has 3 aromatic heterocycles. The molecule has 0 saturated carbocycles. The zero-order valence-electron chi connectivity index (χ0n) is 16.4. The van der Waals surface area contributed by atoms with E-state index < -0.39 is 0 Å². The maximum atomic E-state index is 5.86. The Morgan fingerprint density at radius 2 is 1.97 bits per heavy atom. The predicted molar refractivity (Wildman–Crippen MR) is 112 cm³/mol. The summed E-state index contributed by atoms with van der Waals surface area (Å²) >= 11 is 1.63. The van der Waals surface area contributed by atoms with Gasteiger partial charge in [-0.15, -0.1) is 0 Å². The van der Waals surface area contributed by atoms with Crippen LogP contribution in [0.2, 0.25) is 0 Å². The molecule has 0 fully saturated rings. The summed E-state index contributed by atoms with van der Waals surface area (Å²) in [5, 5.41) is 5.60. The molecule has 0 aliphatic heterocycles. The number of thioether (sulfide) groups is 1. The van der Waals surface area contributed by atoms with Crippen LogP contribution in [0.5, 0.6) is 0 Å². The van der Waals surface area contributed by atoms with Crippen molar-refractivity contribution in [2.45, 2.75) is 43.9 Å². The first-order valence-corrected chi connectivity index (χ1v) is 10.7. The normalized spacial score (nSPS) is 13.0. The van der Waals surface area contributed by atoms with E-state index >= 15 is 0 Å². The summed E-state index contributed by atoms with van der Waals surface area (Å²) in [7, 11) is 0. The molecule has 0 bridgehead atoms. The topological polar surface area (TPSA) is 69.6 Å². The largest absolute Gasteiger partial charge is 0.441 e. The van der Waals surface area contributed by atoms with Crippen molar-refractivity contribution < 1.29 is 4.42 Å². The molecule has 4 aromatic rings. The summed E-state index contributed by atoms with van der Waals surface area (Å²) in [5.74, 6) is 3.01. The highest BCUT2D eigenvalue weighted by Gasteiger charge is 2.21. The van der Waals surface area contributed by atoms with Crippen LogP contribution < -0.4 is 0 Å². The summed E-state index contributed by atoms with van der Waals surface area (Å²) in [6.07, 6.45) is 4.98. The average molecular weight is 404 g/mol. The van der Waals surface area contributed by atoms with E-state index in [9.17, 15) is 0 Å². The fourth-order valence-corrected chi connectivity index (χ4v) is 4.61. The summed E-state index contributed by atoms with van der Waals surface area (Å²) in [6, 6.07) is 12.0. The summed E-state index contributed by atoms with van der Waals surface area (Å²) < 4.78 is 7.85. The second kappa shape index (κ2) is 7.48. The molecule has 0 saturated heterocycles. The molecular formula is C22H21N5OS. The highest BCUT2D eigenvalue weighted by Crippen LogP contribution is 2.29. The molecular weight excluding hydrogens is 382 g/mol. The van der Waals surface area contributed by atoms with E-state index in [0.717, 1.165) is 46.4 Å². The quantitative estimate of drug-likeness (QED) is 0.355. The van der Waals surface area contributed by atoms with Crippen molar-refractivity contribution in [3.63, 3.8) is 0 Å². The standard InChI is InChI=1S/C22H21N5OS/c1-14-17-9-6-10-19(17)27(26-14)20-11-21(24-13-23-20)29-12-18-15(2)28-22(25-18)16-7-4-3-5-8-16/h3-5,7-8,11,13H,6,9-10,12H2,1-2H3. The van der Waals surface area contributed by atoms with Gasteiger partial charge in [0.1, 0.15) is 17.1 Å². The van der Waals surface area contributed by atoms with Gasteiger partial charge in [-0.3, -0.25) is 0 Å². The maximum absolute atomic E-state index is 5.86. The molecule has 7 heteroatoms. The monoisotopic (exact) mass is 403 g/mol. The third-order valence-electron chi connectivity index (χ3n) is 5.25. The number of hydrogen-bond donors (Lipinski definition) is 0. The van der Waals surface area contributed by atoms with Gasteiger partial charge in [-0.2, -0.15) is 5.10 Å². The highest BCUT2D eigenvalue weighted by molar-refractivity contribution is 7.98. The Kier molecular flexibility index (Phi) is 4.67. The van der Waals surface area contributed by atoms with Gasteiger partial charge >= 0.3 is 0 Å². The zero-order chi connectivity index (χ0) is 19.8. The molecule has 1 aromatic carbocycles. The van der Waals surface area contributed by atoms with E-state index in [1.54, 1.807) is 18.1 Å².